The van der Waals surface area contributed by atoms with Crippen molar-refractivity contribution in [3.05, 3.63) is 160 Å². The van der Waals surface area contributed by atoms with Gasteiger partial charge < -0.3 is 23.7 Å². The molecule has 8 nitrogen and oxygen atoms in total. The first-order valence-electron chi connectivity index (χ1n) is 14.7. The number of hydrogen-bond donors (Lipinski definition) is 0. The van der Waals surface area contributed by atoms with Gasteiger partial charge in [-0.05, 0) is 51.3 Å². The average molecular weight is 694 g/mol. The second-order valence-corrected chi connectivity index (χ2v) is 11.5. The number of ether oxygens (including phenoxy) is 5. The molecule has 9 heteroatoms. The van der Waals surface area contributed by atoms with E-state index in [1.807, 2.05) is 54.6 Å². The molecule has 0 saturated heterocycles. The maximum atomic E-state index is 14.7. The largest absolute Gasteiger partial charge is 0.497 e. The summed E-state index contributed by atoms with van der Waals surface area (Å²) >= 11 is 3.55. The molecular weight excluding hydrogens is 664 g/mol. The minimum absolute atomic E-state index is 0.0362. The van der Waals surface area contributed by atoms with E-state index in [4.69, 9.17) is 23.7 Å². The van der Waals surface area contributed by atoms with Crippen LogP contribution in [0.3, 0.4) is 0 Å². The lowest BCUT2D eigenvalue weighted by Crippen LogP contribution is -2.45. The predicted molar refractivity (Wildman–Crippen MR) is 176 cm³/mol. The van der Waals surface area contributed by atoms with Crippen molar-refractivity contribution in [1.82, 2.24) is 0 Å². The molecule has 0 amide bonds. The minimum Gasteiger partial charge on any atom is -0.497 e. The van der Waals surface area contributed by atoms with Crippen LogP contribution < -0.4 is 14.2 Å². The zero-order chi connectivity index (χ0) is 32.8. The first-order chi connectivity index (χ1) is 22.9. The second-order valence-electron chi connectivity index (χ2n) is 10.7. The lowest BCUT2D eigenvalue weighted by atomic mass is 9.75. The standard InChI is InChI=1S/C38H29BrO8/c1-43-28-21-19-26(20-22-28)23-44-34-30(16-10-17-31(34)39)38(29-15-8-9-18-32(29)46-36(38)41)37(42)47-33(27-13-6-3-7-14-27)35(40)45-24-25-11-4-2-5-12-25/h2-22,33H,23-24H2,1H3/t33-,38?/m0/s1. The molecule has 0 fully saturated rings. The van der Waals surface area contributed by atoms with Gasteiger partial charge in [0.15, 0.2) is 0 Å². The first-order valence-corrected chi connectivity index (χ1v) is 15.5. The van der Waals surface area contributed by atoms with Gasteiger partial charge in [-0.15, -0.1) is 0 Å². The molecule has 0 saturated carbocycles. The number of fused-ring (bicyclic) bond motifs is 1. The highest BCUT2D eigenvalue weighted by Gasteiger charge is 2.60. The van der Waals surface area contributed by atoms with Gasteiger partial charge in [-0.3, -0.25) is 4.79 Å². The molecule has 0 aliphatic carbocycles. The number of rotatable bonds is 11. The summed E-state index contributed by atoms with van der Waals surface area (Å²) in [6.45, 7) is 0.0748. The Morgan fingerprint density at radius 2 is 1.38 bits per heavy atom. The maximum absolute atomic E-state index is 14.7. The zero-order valence-electron chi connectivity index (χ0n) is 25.3. The van der Waals surface area contributed by atoms with Crippen molar-refractivity contribution >= 4 is 33.8 Å². The highest BCUT2D eigenvalue weighted by atomic mass is 79.9. The molecule has 47 heavy (non-hydrogen) atoms. The number of hydrogen-bond acceptors (Lipinski definition) is 8. The van der Waals surface area contributed by atoms with Crippen molar-refractivity contribution in [2.45, 2.75) is 24.7 Å². The third-order valence-electron chi connectivity index (χ3n) is 7.78. The van der Waals surface area contributed by atoms with Gasteiger partial charge in [0.1, 0.15) is 30.5 Å². The molecule has 5 aromatic rings. The normalized spacial score (nSPS) is 15.6. The molecule has 1 unspecified atom stereocenters. The fourth-order valence-corrected chi connectivity index (χ4v) is 5.90. The van der Waals surface area contributed by atoms with Gasteiger partial charge in [-0.2, -0.15) is 0 Å². The van der Waals surface area contributed by atoms with E-state index in [9.17, 15) is 14.4 Å². The van der Waals surface area contributed by atoms with Crippen molar-refractivity contribution in [2.24, 2.45) is 0 Å². The molecule has 0 aromatic heterocycles. The summed E-state index contributed by atoms with van der Waals surface area (Å²) in [6.07, 6.45) is -1.49. The zero-order valence-corrected chi connectivity index (χ0v) is 26.8. The smallest absolute Gasteiger partial charge is 0.352 e. The molecule has 0 spiro atoms. The van der Waals surface area contributed by atoms with Gasteiger partial charge in [-0.25, -0.2) is 9.59 Å². The van der Waals surface area contributed by atoms with Crippen molar-refractivity contribution in [3.8, 4) is 17.2 Å². The van der Waals surface area contributed by atoms with Crippen LogP contribution in [0.25, 0.3) is 0 Å². The predicted octanol–water partition coefficient (Wildman–Crippen LogP) is 7.27. The summed E-state index contributed by atoms with van der Waals surface area (Å²) in [6, 6.07) is 36.6. The van der Waals surface area contributed by atoms with E-state index in [-0.39, 0.29) is 35.8 Å². The molecule has 1 aliphatic heterocycles. The number of esters is 3. The number of carbonyl (C=O) groups is 3. The lowest BCUT2D eigenvalue weighted by molar-refractivity contribution is -0.174. The number of carbonyl (C=O) groups excluding carboxylic acids is 3. The van der Waals surface area contributed by atoms with Gasteiger partial charge in [-0.1, -0.05) is 103 Å². The quantitative estimate of drug-likeness (QED) is 0.0810. The monoisotopic (exact) mass is 692 g/mol. The van der Waals surface area contributed by atoms with Crippen LogP contribution in [-0.2, 0) is 42.5 Å². The number of halogens is 1. The van der Waals surface area contributed by atoms with E-state index in [0.29, 0.717) is 15.8 Å². The molecule has 0 N–H and O–H groups in total. The summed E-state index contributed by atoms with van der Waals surface area (Å²) in [4.78, 5) is 42.4. The van der Waals surface area contributed by atoms with E-state index < -0.39 is 29.4 Å². The molecule has 0 radical (unpaired) electrons. The summed E-state index contributed by atoms with van der Waals surface area (Å²) in [5.74, 6) is -1.59. The van der Waals surface area contributed by atoms with Crippen molar-refractivity contribution in [2.75, 3.05) is 7.11 Å². The van der Waals surface area contributed by atoms with Crippen LogP contribution in [0, 0.1) is 0 Å². The van der Waals surface area contributed by atoms with Crippen molar-refractivity contribution in [1.29, 1.82) is 0 Å². The van der Waals surface area contributed by atoms with Crippen LogP contribution in [-0.4, -0.2) is 25.0 Å². The second kappa shape index (κ2) is 13.9. The minimum atomic E-state index is -2.14. The summed E-state index contributed by atoms with van der Waals surface area (Å²) in [5, 5.41) is 0. The summed E-state index contributed by atoms with van der Waals surface area (Å²) in [7, 11) is 1.58. The third-order valence-corrected chi connectivity index (χ3v) is 8.41. The van der Waals surface area contributed by atoms with E-state index in [1.54, 1.807) is 79.9 Å². The first kappa shape index (κ1) is 31.6. The van der Waals surface area contributed by atoms with Crippen LogP contribution in [0.2, 0.25) is 0 Å². The highest BCUT2D eigenvalue weighted by molar-refractivity contribution is 9.10. The van der Waals surface area contributed by atoms with Crippen molar-refractivity contribution < 1.29 is 38.1 Å². The molecule has 6 rings (SSSR count). The van der Waals surface area contributed by atoms with E-state index >= 15 is 0 Å². The Bertz CT molecular complexity index is 1890. The molecule has 1 aliphatic rings. The molecule has 5 aromatic carbocycles. The fourth-order valence-electron chi connectivity index (χ4n) is 5.42. The Morgan fingerprint density at radius 3 is 2.11 bits per heavy atom. The Kier molecular flexibility index (Phi) is 9.35. The topological polar surface area (TPSA) is 97.4 Å². The highest BCUT2D eigenvalue weighted by Crippen LogP contribution is 2.50. The van der Waals surface area contributed by atoms with Crippen LogP contribution in [0.5, 0.6) is 17.2 Å². The number of benzene rings is 5. The maximum Gasteiger partial charge on any atom is 0.352 e. The van der Waals surface area contributed by atoms with E-state index in [2.05, 4.69) is 15.9 Å². The van der Waals surface area contributed by atoms with Crippen LogP contribution >= 0.6 is 15.9 Å². The summed E-state index contributed by atoms with van der Waals surface area (Å²) < 4.78 is 29.4. The van der Waals surface area contributed by atoms with Crippen LogP contribution in [0.4, 0.5) is 0 Å². The number of methoxy groups -OCH3 is 1. The third kappa shape index (κ3) is 6.35. The lowest BCUT2D eigenvalue weighted by Gasteiger charge is -2.29. The molecule has 236 valence electrons. The molecule has 2 atom stereocenters. The van der Waals surface area contributed by atoms with Gasteiger partial charge in [0.05, 0.1) is 11.6 Å². The van der Waals surface area contributed by atoms with E-state index in [0.717, 1.165) is 11.1 Å². The summed E-state index contributed by atoms with van der Waals surface area (Å²) in [5.41, 5.74) is 0.262. The van der Waals surface area contributed by atoms with Crippen LogP contribution in [0.1, 0.15) is 33.9 Å². The Balaban J connectivity index is 1.40. The van der Waals surface area contributed by atoms with Gasteiger partial charge in [0.2, 0.25) is 11.5 Å². The van der Waals surface area contributed by atoms with Gasteiger partial charge in [0, 0.05) is 16.7 Å². The Hall–Kier alpha value is -5.41. The number of para-hydroxylation sites is 2. The molecule has 0 bridgehead atoms. The Morgan fingerprint density at radius 1 is 0.745 bits per heavy atom. The van der Waals surface area contributed by atoms with Gasteiger partial charge in [0.25, 0.3) is 0 Å². The van der Waals surface area contributed by atoms with E-state index in [1.165, 1.54) is 0 Å². The SMILES string of the molecule is COc1ccc(COc2c(Br)cccc2C2(C(=O)O[C@H](C(=O)OCc3ccccc3)c3ccccc3)C(=O)Oc3ccccc32)cc1. The molecular formula is C38H29BrO8. The van der Waals surface area contributed by atoms with Crippen LogP contribution in [0.15, 0.2) is 132 Å². The molecule has 1 heterocycles. The van der Waals surface area contributed by atoms with Crippen molar-refractivity contribution in [3.63, 3.8) is 0 Å². The Labute approximate surface area is 279 Å². The fraction of sp³-hybridized carbons (Fsp3) is 0.132. The average Bonchev–Trinajstić information content (AvgIpc) is 3.42. The van der Waals surface area contributed by atoms with Gasteiger partial charge >= 0.3 is 17.9 Å².